The largest absolute Gasteiger partial charge is 0.309 e. The maximum absolute atomic E-state index is 14.7. The Morgan fingerprint density at radius 1 is 0.500 bits per heavy atom. The second-order valence-electron chi connectivity index (χ2n) is 9.23. The molecule has 7 aromatic rings. The van der Waals surface area contributed by atoms with Crippen LogP contribution in [0.2, 0.25) is 0 Å². The number of rotatable bonds is 4. The molecule has 0 aliphatic carbocycles. The molecular formula is C33H22N3OP. The van der Waals surface area contributed by atoms with Gasteiger partial charge in [0.1, 0.15) is 5.69 Å². The molecule has 180 valence electrons. The minimum absolute atomic E-state index is 0.507. The van der Waals surface area contributed by atoms with E-state index in [1.807, 2.05) is 78.9 Å². The molecule has 0 atom stereocenters. The topological polar surface area (TPSA) is 55.7 Å². The molecule has 0 bridgehead atoms. The Kier molecular flexibility index (Phi) is 5.35. The Balaban J connectivity index is 1.45. The summed E-state index contributed by atoms with van der Waals surface area (Å²) in [5, 5.41) is 7.66. The Morgan fingerprint density at radius 2 is 1.08 bits per heavy atom. The Labute approximate surface area is 220 Å². The summed E-state index contributed by atoms with van der Waals surface area (Å²) in [4.78, 5) is 14.5. The van der Waals surface area contributed by atoms with Crippen molar-refractivity contribution in [1.29, 1.82) is 0 Å². The van der Waals surface area contributed by atoms with Gasteiger partial charge < -0.3 is 4.57 Å². The van der Waals surface area contributed by atoms with Crippen LogP contribution in [0.5, 0.6) is 0 Å². The third-order valence-corrected chi connectivity index (χ3v) is 10.1. The average molecular weight is 508 g/mol. The summed E-state index contributed by atoms with van der Waals surface area (Å²) in [7, 11) is -3.15. The first-order chi connectivity index (χ1) is 18.7. The summed E-state index contributed by atoms with van der Waals surface area (Å²) in [5.74, 6) is 0.507. The molecule has 0 unspecified atom stereocenters. The van der Waals surface area contributed by atoms with E-state index in [0.717, 1.165) is 32.3 Å². The Hall–Kier alpha value is -4.66. The lowest BCUT2D eigenvalue weighted by Crippen LogP contribution is -2.25. The van der Waals surface area contributed by atoms with E-state index in [1.54, 1.807) is 12.4 Å². The van der Waals surface area contributed by atoms with Crippen LogP contribution in [0.3, 0.4) is 0 Å². The summed E-state index contributed by atoms with van der Waals surface area (Å²) < 4.78 is 14.7. The molecule has 0 fully saturated rings. The molecule has 0 N–H and O–H groups in total. The lowest BCUT2D eigenvalue weighted by Gasteiger charge is -2.19. The first kappa shape index (κ1) is 22.5. The van der Waals surface area contributed by atoms with Gasteiger partial charge in [-0.05, 0) is 16.8 Å². The Morgan fingerprint density at radius 3 is 1.76 bits per heavy atom. The third kappa shape index (κ3) is 3.53. The van der Waals surface area contributed by atoms with E-state index in [4.69, 9.17) is 15.0 Å². The van der Waals surface area contributed by atoms with Gasteiger partial charge in [0.05, 0.1) is 10.8 Å². The van der Waals surface area contributed by atoms with Crippen LogP contribution in [0.4, 0.5) is 0 Å². The van der Waals surface area contributed by atoms with E-state index in [-0.39, 0.29) is 0 Å². The molecule has 2 aromatic heterocycles. The van der Waals surface area contributed by atoms with Crippen molar-refractivity contribution in [2.45, 2.75) is 0 Å². The van der Waals surface area contributed by atoms with Gasteiger partial charge >= 0.3 is 0 Å². The van der Waals surface area contributed by atoms with Gasteiger partial charge in [-0.15, -0.1) is 0 Å². The average Bonchev–Trinajstić information content (AvgIpc) is 3.01. The van der Waals surface area contributed by atoms with E-state index in [2.05, 4.69) is 42.5 Å². The van der Waals surface area contributed by atoms with Crippen molar-refractivity contribution >= 4 is 55.5 Å². The highest BCUT2D eigenvalue weighted by Gasteiger charge is 2.30. The number of aromatic nitrogens is 3. The van der Waals surface area contributed by atoms with Crippen LogP contribution in [0.1, 0.15) is 0 Å². The molecule has 38 heavy (non-hydrogen) atoms. The van der Waals surface area contributed by atoms with E-state index < -0.39 is 7.14 Å². The fourth-order valence-corrected chi connectivity index (χ4v) is 7.74. The van der Waals surface area contributed by atoms with Crippen LogP contribution in [0, 0.1) is 0 Å². The molecule has 5 heteroatoms. The first-order valence-corrected chi connectivity index (χ1v) is 14.2. The van der Waals surface area contributed by atoms with E-state index in [0.29, 0.717) is 16.8 Å². The molecule has 5 aromatic carbocycles. The molecule has 4 nitrogen and oxygen atoms in total. The summed E-state index contributed by atoms with van der Waals surface area (Å²) >= 11 is 0. The number of para-hydroxylation sites is 1. The molecule has 0 aliphatic rings. The monoisotopic (exact) mass is 507 g/mol. The lowest BCUT2D eigenvalue weighted by atomic mass is 9.97. The van der Waals surface area contributed by atoms with Crippen LogP contribution in [0.15, 0.2) is 134 Å². The lowest BCUT2D eigenvalue weighted by molar-refractivity contribution is 0.592. The van der Waals surface area contributed by atoms with Crippen LogP contribution < -0.4 is 15.9 Å². The number of pyridine rings is 1. The minimum Gasteiger partial charge on any atom is -0.309 e. The van der Waals surface area contributed by atoms with E-state index in [9.17, 15) is 4.57 Å². The highest BCUT2D eigenvalue weighted by atomic mass is 31.2. The van der Waals surface area contributed by atoms with E-state index >= 15 is 0 Å². The third-order valence-electron chi connectivity index (χ3n) is 7.04. The molecule has 0 amide bonds. The summed E-state index contributed by atoms with van der Waals surface area (Å²) in [6, 6.07) is 39.9. The van der Waals surface area contributed by atoms with Gasteiger partial charge in [0.25, 0.3) is 0 Å². The molecule has 0 aliphatic heterocycles. The van der Waals surface area contributed by atoms with Crippen molar-refractivity contribution in [1.82, 2.24) is 15.0 Å². The van der Waals surface area contributed by atoms with Crippen molar-refractivity contribution in [3.8, 4) is 11.5 Å². The van der Waals surface area contributed by atoms with Gasteiger partial charge in [0.15, 0.2) is 13.0 Å². The van der Waals surface area contributed by atoms with Gasteiger partial charge in [-0.1, -0.05) is 115 Å². The van der Waals surface area contributed by atoms with Crippen molar-refractivity contribution < 1.29 is 4.57 Å². The fourth-order valence-electron chi connectivity index (χ4n) is 5.22. The van der Waals surface area contributed by atoms with E-state index in [1.165, 1.54) is 10.8 Å². The second kappa shape index (κ2) is 9.02. The first-order valence-electron chi connectivity index (χ1n) is 12.5. The second-order valence-corrected chi connectivity index (χ2v) is 12.0. The predicted octanol–water partition coefficient (Wildman–Crippen LogP) is 6.64. The molecule has 0 spiro atoms. The van der Waals surface area contributed by atoms with Gasteiger partial charge in [-0.3, -0.25) is 0 Å². The van der Waals surface area contributed by atoms with Crippen molar-refractivity contribution in [3.63, 3.8) is 0 Å². The fraction of sp³-hybridized carbons (Fsp3) is 0. The van der Waals surface area contributed by atoms with Crippen LogP contribution in [0.25, 0.3) is 44.0 Å². The minimum atomic E-state index is -3.15. The summed E-state index contributed by atoms with van der Waals surface area (Å²) in [6.45, 7) is 0. The van der Waals surface area contributed by atoms with Gasteiger partial charge in [0, 0.05) is 39.2 Å². The summed E-state index contributed by atoms with van der Waals surface area (Å²) in [5.41, 5.74) is 1.60. The normalized spacial score (nSPS) is 11.8. The quantitative estimate of drug-likeness (QED) is 0.198. The number of benzene rings is 5. The molecule has 0 radical (unpaired) electrons. The molecule has 0 saturated carbocycles. The van der Waals surface area contributed by atoms with Crippen LogP contribution in [-0.4, -0.2) is 15.0 Å². The standard InChI is InChI=1S/C33H22N3OP/c37-38(24-12-3-1-4-13-24,25-14-5-2-6-15-25)26-21-34-33(35-22-26)32-29-20-19-23-11-7-8-16-27(23)31(29)28-17-9-10-18-30(28)36-32/h1-22H. The highest BCUT2D eigenvalue weighted by Crippen LogP contribution is 2.42. The maximum atomic E-state index is 14.7. The van der Waals surface area contributed by atoms with Crippen molar-refractivity contribution in [2.75, 3.05) is 0 Å². The van der Waals surface area contributed by atoms with Crippen molar-refractivity contribution in [2.24, 2.45) is 0 Å². The Bertz CT molecular complexity index is 1930. The summed E-state index contributed by atoms with van der Waals surface area (Å²) in [6.07, 6.45) is 3.40. The smallest absolute Gasteiger partial charge is 0.178 e. The molecule has 7 rings (SSSR count). The number of nitrogens with zero attached hydrogens (tertiary/aromatic N) is 3. The molecular weight excluding hydrogens is 485 g/mol. The van der Waals surface area contributed by atoms with Gasteiger partial charge in [-0.25, -0.2) is 15.0 Å². The van der Waals surface area contributed by atoms with Crippen molar-refractivity contribution in [3.05, 3.63) is 134 Å². The van der Waals surface area contributed by atoms with Crippen LogP contribution >= 0.6 is 7.14 Å². The number of hydrogen-bond donors (Lipinski definition) is 0. The predicted molar refractivity (Wildman–Crippen MR) is 157 cm³/mol. The molecule has 2 heterocycles. The zero-order valence-corrected chi connectivity index (χ0v) is 21.3. The number of hydrogen-bond acceptors (Lipinski definition) is 4. The zero-order valence-electron chi connectivity index (χ0n) is 20.4. The number of fused-ring (bicyclic) bond motifs is 5. The van der Waals surface area contributed by atoms with Gasteiger partial charge in [0.2, 0.25) is 0 Å². The zero-order chi connectivity index (χ0) is 25.5. The maximum Gasteiger partial charge on any atom is 0.178 e. The SMILES string of the molecule is O=P(c1ccccc1)(c1ccccc1)c1cnc(-c2nc3ccccc3c3c2ccc2ccccc23)nc1. The molecule has 0 saturated heterocycles. The van der Waals surface area contributed by atoms with Gasteiger partial charge in [-0.2, -0.15) is 0 Å². The highest BCUT2D eigenvalue weighted by molar-refractivity contribution is 7.85. The van der Waals surface area contributed by atoms with Crippen LogP contribution in [-0.2, 0) is 4.57 Å².